The van der Waals surface area contributed by atoms with Crippen LogP contribution in [0, 0.1) is 6.92 Å². The van der Waals surface area contributed by atoms with Gasteiger partial charge in [-0.2, -0.15) is 0 Å². The first kappa shape index (κ1) is 17.0. The lowest BCUT2D eigenvalue weighted by atomic mass is 9.70. The van der Waals surface area contributed by atoms with Crippen molar-refractivity contribution in [1.82, 2.24) is 14.3 Å². The van der Waals surface area contributed by atoms with Crippen molar-refractivity contribution in [1.29, 1.82) is 0 Å². The van der Waals surface area contributed by atoms with Gasteiger partial charge in [0.15, 0.2) is 0 Å². The standard InChI is InChI=1S/C22H25N3O/c1-17-8-9-21-23-20(16-25(21)14-17)15-24-12-10-22(11-13-24,18(2)26)19-6-4-3-5-7-19/h3-9,14,16H,10-13,15H2,1-2H3. The van der Waals surface area contributed by atoms with Gasteiger partial charge in [-0.3, -0.25) is 9.69 Å². The Balaban J connectivity index is 1.49. The van der Waals surface area contributed by atoms with E-state index >= 15 is 0 Å². The van der Waals surface area contributed by atoms with E-state index < -0.39 is 0 Å². The number of hydrogen-bond acceptors (Lipinski definition) is 3. The Bertz CT molecular complexity index is 921. The molecule has 1 saturated heterocycles. The lowest BCUT2D eigenvalue weighted by Crippen LogP contribution is -2.46. The van der Waals surface area contributed by atoms with Crippen molar-refractivity contribution in [2.45, 2.75) is 38.6 Å². The van der Waals surface area contributed by atoms with Gasteiger partial charge in [-0.05, 0) is 57.0 Å². The van der Waals surface area contributed by atoms with E-state index in [9.17, 15) is 4.79 Å². The monoisotopic (exact) mass is 347 g/mol. The van der Waals surface area contributed by atoms with E-state index in [-0.39, 0.29) is 11.2 Å². The number of likely N-dealkylation sites (tertiary alicyclic amines) is 1. The van der Waals surface area contributed by atoms with Crippen LogP contribution in [-0.2, 0) is 16.8 Å². The minimum atomic E-state index is -0.326. The van der Waals surface area contributed by atoms with Gasteiger partial charge in [0.05, 0.1) is 11.1 Å². The average Bonchev–Trinajstić information content (AvgIpc) is 3.04. The maximum absolute atomic E-state index is 12.5. The number of carbonyl (C=O) groups excluding carboxylic acids is 1. The summed E-state index contributed by atoms with van der Waals surface area (Å²) in [5.74, 6) is 0.284. The van der Waals surface area contributed by atoms with Crippen LogP contribution < -0.4 is 0 Å². The minimum Gasteiger partial charge on any atom is -0.307 e. The zero-order chi connectivity index (χ0) is 18.1. The van der Waals surface area contributed by atoms with Gasteiger partial charge in [0.25, 0.3) is 0 Å². The molecule has 4 heteroatoms. The van der Waals surface area contributed by atoms with Crippen LogP contribution in [0.4, 0.5) is 0 Å². The second kappa shape index (κ2) is 6.69. The van der Waals surface area contributed by atoms with Crippen molar-refractivity contribution in [3.63, 3.8) is 0 Å². The molecule has 2 aromatic heterocycles. The number of Topliss-reactive ketones (excluding diaryl/α,β-unsaturated/α-hetero) is 1. The quantitative estimate of drug-likeness (QED) is 0.721. The Morgan fingerprint density at radius 1 is 1.08 bits per heavy atom. The van der Waals surface area contributed by atoms with Crippen LogP contribution in [0.15, 0.2) is 54.9 Å². The molecule has 26 heavy (non-hydrogen) atoms. The van der Waals surface area contributed by atoms with Gasteiger partial charge in [0.2, 0.25) is 0 Å². The molecule has 1 aliphatic heterocycles. The number of carbonyl (C=O) groups is 1. The van der Waals surface area contributed by atoms with Crippen molar-refractivity contribution in [3.8, 4) is 0 Å². The normalized spacial score (nSPS) is 17.5. The number of imidazole rings is 1. The predicted molar refractivity (Wildman–Crippen MR) is 103 cm³/mol. The Kier molecular flexibility index (Phi) is 4.37. The molecule has 4 rings (SSSR count). The number of hydrogen-bond donors (Lipinski definition) is 0. The Hall–Kier alpha value is -2.46. The summed E-state index contributed by atoms with van der Waals surface area (Å²) in [6.07, 6.45) is 5.97. The van der Waals surface area contributed by atoms with Gasteiger partial charge >= 0.3 is 0 Å². The Morgan fingerprint density at radius 2 is 1.81 bits per heavy atom. The van der Waals surface area contributed by atoms with E-state index in [1.165, 1.54) is 5.56 Å². The molecule has 0 saturated carbocycles. The molecule has 0 radical (unpaired) electrons. The molecule has 0 amide bonds. The molecule has 0 bridgehead atoms. The number of benzene rings is 1. The van der Waals surface area contributed by atoms with Gasteiger partial charge in [0.1, 0.15) is 11.4 Å². The summed E-state index contributed by atoms with van der Waals surface area (Å²) < 4.78 is 2.10. The summed E-state index contributed by atoms with van der Waals surface area (Å²) >= 11 is 0. The van der Waals surface area contributed by atoms with E-state index in [4.69, 9.17) is 4.98 Å². The molecule has 0 unspecified atom stereocenters. The van der Waals surface area contributed by atoms with Crippen LogP contribution in [-0.4, -0.2) is 33.2 Å². The number of aryl methyl sites for hydroxylation is 1. The van der Waals surface area contributed by atoms with Crippen LogP contribution in [0.25, 0.3) is 5.65 Å². The molecule has 1 aliphatic rings. The number of nitrogens with zero attached hydrogens (tertiary/aromatic N) is 3. The molecular formula is C22H25N3O. The molecule has 3 aromatic rings. The number of fused-ring (bicyclic) bond motifs is 1. The highest BCUT2D eigenvalue weighted by atomic mass is 16.1. The first-order valence-electron chi connectivity index (χ1n) is 9.30. The second-order valence-corrected chi connectivity index (χ2v) is 7.48. The first-order valence-corrected chi connectivity index (χ1v) is 9.30. The summed E-state index contributed by atoms with van der Waals surface area (Å²) in [7, 11) is 0. The third-order valence-corrected chi connectivity index (χ3v) is 5.74. The molecule has 1 fully saturated rings. The van der Waals surface area contributed by atoms with Gasteiger partial charge < -0.3 is 4.40 Å². The van der Waals surface area contributed by atoms with Crippen LogP contribution in [0.3, 0.4) is 0 Å². The smallest absolute Gasteiger partial charge is 0.140 e. The molecule has 1 aromatic carbocycles. The number of aromatic nitrogens is 2. The largest absolute Gasteiger partial charge is 0.307 e. The van der Waals surface area contributed by atoms with E-state index in [0.717, 1.165) is 49.4 Å². The van der Waals surface area contributed by atoms with E-state index in [0.29, 0.717) is 0 Å². The predicted octanol–water partition coefficient (Wildman–Crippen LogP) is 3.77. The Labute approximate surface area is 154 Å². The molecule has 4 nitrogen and oxygen atoms in total. The highest BCUT2D eigenvalue weighted by Gasteiger charge is 2.40. The third-order valence-electron chi connectivity index (χ3n) is 5.74. The minimum absolute atomic E-state index is 0.284. The average molecular weight is 347 g/mol. The summed E-state index contributed by atoms with van der Waals surface area (Å²) in [5.41, 5.74) is 4.15. The summed E-state index contributed by atoms with van der Waals surface area (Å²) in [5, 5.41) is 0. The Morgan fingerprint density at radius 3 is 2.50 bits per heavy atom. The molecule has 0 N–H and O–H groups in total. The maximum Gasteiger partial charge on any atom is 0.140 e. The zero-order valence-corrected chi connectivity index (χ0v) is 15.5. The fraction of sp³-hybridized carbons (Fsp3) is 0.364. The van der Waals surface area contributed by atoms with Crippen molar-refractivity contribution in [3.05, 3.63) is 71.7 Å². The number of piperidine rings is 1. The van der Waals surface area contributed by atoms with Crippen LogP contribution in [0.5, 0.6) is 0 Å². The van der Waals surface area contributed by atoms with Crippen LogP contribution in [0.1, 0.15) is 36.6 Å². The maximum atomic E-state index is 12.5. The van der Waals surface area contributed by atoms with Crippen molar-refractivity contribution < 1.29 is 4.79 Å². The van der Waals surface area contributed by atoms with Crippen LogP contribution in [0.2, 0.25) is 0 Å². The van der Waals surface area contributed by atoms with Crippen molar-refractivity contribution in [2.75, 3.05) is 13.1 Å². The van der Waals surface area contributed by atoms with Crippen molar-refractivity contribution >= 4 is 11.4 Å². The molecule has 0 spiro atoms. The fourth-order valence-corrected chi connectivity index (χ4v) is 4.15. The van der Waals surface area contributed by atoms with Gasteiger partial charge in [-0.15, -0.1) is 0 Å². The fourth-order valence-electron chi connectivity index (χ4n) is 4.15. The molecule has 134 valence electrons. The zero-order valence-electron chi connectivity index (χ0n) is 15.5. The van der Waals surface area contributed by atoms with E-state index in [1.807, 2.05) is 18.2 Å². The third kappa shape index (κ3) is 3.06. The lowest BCUT2D eigenvalue weighted by molar-refractivity contribution is -0.124. The molecular weight excluding hydrogens is 322 g/mol. The molecule has 0 aliphatic carbocycles. The lowest BCUT2D eigenvalue weighted by Gasteiger charge is -2.40. The van der Waals surface area contributed by atoms with Gasteiger partial charge in [-0.25, -0.2) is 4.98 Å². The topological polar surface area (TPSA) is 37.6 Å². The number of pyridine rings is 1. The number of ketones is 1. The van der Waals surface area contributed by atoms with Crippen LogP contribution >= 0.6 is 0 Å². The number of rotatable bonds is 4. The second-order valence-electron chi connectivity index (χ2n) is 7.48. The molecule has 3 heterocycles. The summed E-state index contributed by atoms with van der Waals surface area (Å²) in [4.78, 5) is 19.6. The van der Waals surface area contributed by atoms with E-state index in [2.05, 4.69) is 52.9 Å². The summed E-state index contributed by atoms with van der Waals surface area (Å²) in [6.45, 7) is 6.51. The highest BCUT2D eigenvalue weighted by Crippen LogP contribution is 2.36. The van der Waals surface area contributed by atoms with Gasteiger partial charge in [-0.1, -0.05) is 36.4 Å². The van der Waals surface area contributed by atoms with Crippen molar-refractivity contribution in [2.24, 2.45) is 0 Å². The molecule has 0 atom stereocenters. The SMILES string of the molecule is CC(=O)C1(c2ccccc2)CCN(Cc2cn3cc(C)ccc3n2)CC1. The van der Waals surface area contributed by atoms with Gasteiger partial charge in [0, 0.05) is 18.9 Å². The van der Waals surface area contributed by atoms with E-state index in [1.54, 1.807) is 6.92 Å². The highest BCUT2D eigenvalue weighted by molar-refractivity contribution is 5.88. The summed E-state index contributed by atoms with van der Waals surface area (Å²) in [6, 6.07) is 14.4. The first-order chi connectivity index (χ1) is 12.6.